The van der Waals surface area contributed by atoms with Crippen LogP contribution < -0.4 is 4.90 Å². The number of hydrogen-bond acceptors (Lipinski definition) is 7. The van der Waals surface area contributed by atoms with E-state index in [2.05, 4.69) is 11.9 Å². The van der Waals surface area contributed by atoms with Gasteiger partial charge in [0.2, 0.25) is 0 Å². The van der Waals surface area contributed by atoms with Crippen LogP contribution in [-0.2, 0) is 14.2 Å². The van der Waals surface area contributed by atoms with Crippen molar-refractivity contribution >= 4 is 32.0 Å². The molecular formula is C25H32BN3O4. The number of anilines is 1. The molecule has 1 aliphatic heterocycles. The number of pyridine rings is 2. The predicted octanol–water partition coefficient (Wildman–Crippen LogP) is 4.47. The summed E-state index contributed by atoms with van der Waals surface area (Å²) in [5.74, 6) is 0.796. The van der Waals surface area contributed by atoms with Crippen LogP contribution in [-0.4, -0.2) is 62.4 Å². The molecule has 0 aliphatic carbocycles. The van der Waals surface area contributed by atoms with E-state index in [1.807, 2.05) is 60.5 Å². The summed E-state index contributed by atoms with van der Waals surface area (Å²) in [5.41, 5.74) is 1.69. The molecule has 0 amide bonds. The maximum Gasteiger partial charge on any atom is 0.508 e. The quantitative estimate of drug-likeness (QED) is 0.370. The summed E-state index contributed by atoms with van der Waals surface area (Å²) in [6.07, 6.45) is 8.76. The molecule has 1 aliphatic rings. The van der Waals surface area contributed by atoms with Crippen molar-refractivity contribution in [1.82, 2.24) is 9.97 Å². The van der Waals surface area contributed by atoms with Gasteiger partial charge in [-0.05, 0) is 62.1 Å². The Bertz CT molecular complexity index is 896. The van der Waals surface area contributed by atoms with Gasteiger partial charge in [0.25, 0.3) is 0 Å². The van der Waals surface area contributed by atoms with Gasteiger partial charge in [-0.15, -0.1) is 0 Å². The van der Waals surface area contributed by atoms with Crippen molar-refractivity contribution in [3.63, 3.8) is 0 Å². The van der Waals surface area contributed by atoms with Crippen molar-refractivity contribution in [3.05, 3.63) is 54.0 Å². The van der Waals surface area contributed by atoms with Gasteiger partial charge >= 0.3 is 6.16 Å². The van der Waals surface area contributed by atoms with Crippen LogP contribution in [0.25, 0.3) is 12.2 Å². The van der Waals surface area contributed by atoms with Gasteiger partial charge in [0.1, 0.15) is 26.4 Å². The zero-order valence-corrected chi connectivity index (χ0v) is 19.4. The predicted molar refractivity (Wildman–Crippen MR) is 130 cm³/mol. The summed E-state index contributed by atoms with van der Waals surface area (Å²) in [6.45, 7) is 2.79. The Balaban J connectivity index is 1.55. The summed E-state index contributed by atoms with van der Waals surface area (Å²) >= 11 is 0. The van der Waals surface area contributed by atoms with Crippen LogP contribution in [0.3, 0.4) is 0 Å². The summed E-state index contributed by atoms with van der Waals surface area (Å²) in [4.78, 5) is 23.3. The normalized spacial score (nSPS) is 18.8. The van der Waals surface area contributed by atoms with E-state index >= 15 is 0 Å². The van der Waals surface area contributed by atoms with Crippen LogP contribution in [0.15, 0.2) is 42.6 Å². The molecule has 0 spiro atoms. The second kappa shape index (κ2) is 13.0. The van der Waals surface area contributed by atoms with E-state index in [0.29, 0.717) is 6.54 Å². The first-order valence-electron chi connectivity index (χ1n) is 11.5. The lowest BCUT2D eigenvalue weighted by molar-refractivity contribution is -0.0139. The summed E-state index contributed by atoms with van der Waals surface area (Å²) in [7, 11) is 7.66. The molecule has 3 atom stereocenters. The monoisotopic (exact) mass is 449 g/mol. The van der Waals surface area contributed by atoms with Crippen LogP contribution in [0.1, 0.15) is 50.4 Å². The molecule has 7 nitrogen and oxygen atoms in total. The zero-order valence-electron chi connectivity index (χ0n) is 19.4. The zero-order chi connectivity index (χ0) is 23.5. The fourth-order valence-corrected chi connectivity index (χ4v) is 3.60. The van der Waals surface area contributed by atoms with Gasteiger partial charge in [0.05, 0.1) is 24.0 Å². The molecule has 1 fully saturated rings. The van der Waals surface area contributed by atoms with Gasteiger partial charge < -0.3 is 19.1 Å². The highest BCUT2D eigenvalue weighted by atomic mass is 16.7. The highest BCUT2D eigenvalue weighted by Crippen LogP contribution is 2.18. The Kier molecular flexibility index (Phi) is 9.75. The van der Waals surface area contributed by atoms with Crippen molar-refractivity contribution in [2.24, 2.45) is 0 Å². The fourth-order valence-electron chi connectivity index (χ4n) is 3.60. The van der Waals surface area contributed by atoms with E-state index in [0.717, 1.165) is 49.3 Å². The molecule has 3 heterocycles. The topological polar surface area (TPSA) is 73.8 Å². The largest absolute Gasteiger partial charge is 0.508 e. The van der Waals surface area contributed by atoms with E-state index in [1.165, 1.54) is 0 Å². The SMILES string of the molecule is [B]C1CCC(COC(=O)OC(CCCC)CN(C)c2cccc(/C=C/c3ccccn3)n2)O1. The van der Waals surface area contributed by atoms with Crippen LogP contribution in [0, 0.1) is 0 Å². The number of nitrogens with zero attached hydrogens (tertiary/aromatic N) is 3. The summed E-state index contributed by atoms with van der Waals surface area (Å²) in [6, 6.07) is 11.3. The van der Waals surface area contributed by atoms with Crippen molar-refractivity contribution in [3.8, 4) is 0 Å². The first-order valence-corrected chi connectivity index (χ1v) is 11.5. The molecule has 2 radical (unpaired) electrons. The summed E-state index contributed by atoms with van der Waals surface area (Å²) < 4.78 is 16.4. The molecule has 0 N–H and O–H groups in total. The van der Waals surface area contributed by atoms with E-state index in [-0.39, 0.29) is 24.8 Å². The Morgan fingerprint density at radius 3 is 2.79 bits per heavy atom. The number of aromatic nitrogens is 2. The van der Waals surface area contributed by atoms with Gasteiger partial charge in [0.15, 0.2) is 0 Å². The number of ether oxygens (including phenoxy) is 3. The van der Waals surface area contributed by atoms with Gasteiger partial charge in [-0.2, -0.15) is 0 Å². The minimum Gasteiger partial charge on any atom is -0.432 e. The summed E-state index contributed by atoms with van der Waals surface area (Å²) in [5, 5.41) is 0. The van der Waals surface area contributed by atoms with Crippen LogP contribution in [0.5, 0.6) is 0 Å². The molecule has 174 valence electrons. The van der Waals surface area contributed by atoms with Crippen LogP contribution in [0.2, 0.25) is 0 Å². The Morgan fingerprint density at radius 1 is 1.24 bits per heavy atom. The lowest BCUT2D eigenvalue weighted by atomic mass is 9.97. The molecule has 0 saturated carbocycles. The molecule has 2 aromatic rings. The van der Waals surface area contributed by atoms with Crippen molar-refractivity contribution < 1.29 is 19.0 Å². The number of hydrogen-bond donors (Lipinski definition) is 0. The standard InChI is InChI=1S/C25H32BN3O4/c1-3-4-10-21(33-25(30)31-18-22-14-15-23(26)32-22)17-29(2)24-11-7-9-20(28-24)13-12-19-8-5-6-16-27-19/h5-9,11-13,16,21-23H,3-4,10,14-15,17-18H2,1-2H3/b13-12+. The fraction of sp³-hybridized carbons (Fsp3) is 0.480. The van der Waals surface area contributed by atoms with E-state index in [4.69, 9.17) is 27.0 Å². The lowest BCUT2D eigenvalue weighted by Gasteiger charge is -2.25. The molecule has 3 unspecified atom stereocenters. The van der Waals surface area contributed by atoms with Crippen molar-refractivity contribution in [2.75, 3.05) is 25.1 Å². The van der Waals surface area contributed by atoms with Gasteiger partial charge in [0, 0.05) is 19.2 Å². The third-order valence-corrected chi connectivity index (χ3v) is 5.41. The van der Waals surface area contributed by atoms with Crippen LogP contribution >= 0.6 is 0 Å². The highest BCUT2D eigenvalue weighted by molar-refractivity contribution is 6.11. The molecule has 1 saturated heterocycles. The first-order chi connectivity index (χ1) is 16.0. The van der Waals surface area contributed by atoms with E-state index in [1.54, 1.807) is 6.20 Å². The molecule has 3 rings (SSSR count). The Labute approximate surface area is 197 Å². The van der Waals surface area contributed by atoms with Crippen molar-refractivity contribution in [1.29, 1.82) is 0 Å². The van der Waals surface area contributed by atoms with E-state index in [9.17, 15) is 4.79 Å². The third kappa shape index (κ3) is 8.53. The molecule has 8 heteroatoms. The van der Waals surface area contributed by atoms with Crippen molar-refractivity contribution in [2.45, 2.75) is 57.2 Å². The molecule has 0 aromatic carbocycles. The number of rotatable bonds is 11. The maximum atomic E-state index is 12.3. The van der Waals surface area contributed by atoms with Gasteiger partial charge in [-0.25, -0.2) is 9.78 Å². The minimum atomic E-state index is -0.673. The Hall–Kier alpha value is -2.87. The third-order valence-electron chi connectivity index (χ3n) is 5.41. The second-order valence-corrected chi connectivity index (χ2v) is 8.21. The average molecular weight is 449 g/mol. The average Bonchev–Trinajstić information content (AvgIpc) is 3.25. The highest BCUT2D eigenvalue weighted by Gasteiger charge is 2.24. The minimum absolute atomic E-state index is 0.157. The van der Waals surface area contributed by atoms with Crippen LogP contribution in [0.4, 0.5) is 10.6 Å². The van der Waals surface area contributed by atoms with E-state index < -0.39 is 6.16 Å². The number of carbonyl (C=O) groups is 1. The Morgan fingerprint density at radius 2 is 2.06 bits per heavy atom. The van der Waals surface area contributed by atoms with Gasteiger partial charge in [-0.3, -0.25) is 4.98 Å². The maximum absolute atomic E-state index is 12.3. The lowest BCUT2D eigenvalue weighted by Crippen LogP contribution is -2.34. The number of carbonyl (C=O) groups excluding carboxylic acids is 1. The molecule has 33 heavy (non-hydrogen) atoms. The molecular weight excluding hydrogens is 417 g/mol. The molecule has 0 bridgehead atoms. The number of likely N-dealkylation sites (N-methyl/N-ethyl adjacent to an activating group) is 1. The number of unbranched alkanes of at least 4 members (excludes halogenated alkanes) is 1. The first kappa shape index (κ1) is 24.8. The van der Waals surface area contributed by atoms with Gasteiger partial charge in [-0.1, -0.05) is 25.5 Å². The second-order valence-electron chi connectivity index (χ2n) is 8.21. The smallest absolute Gasteiger partial charge is 0.432 e. The molecule has 2 aromatic heterocycles.